The van der Waals surface area contributed by atoms with Crippen molar-refractivity contribution >= 4 is 77.5 Å². The molecule has 0 aromatic heterocycles. The molecule has 0 aromatic carbocycles. The van der Waals surface area contributed by atoms with E-state index in [1.54, 1.807) is 0 Å². The summed E-state index contributed by atoms with van der Waals surface area (Å²) in [5.74, 6) is -12.9. The zero-order valence-electron chi connectivity index (χ0n) is 48.0. The van der Waals surface area contributed by atoms with Crippen LogP contribution in [0.5, 0.6) is 0 Å². The number of carbonyl (C=O) groups excluding carboxylic acids is 13. The first-order valence-corrected chi connectivity index (χ1v) is 25.8. The molecule has 0 radical (unpaired) electrons. The molecule has 20 atom stereocenters. The molecular weight excluding hydrogens is 1140 g/mol. The second kappa shape index (κ2) is 31.6. The molecule has 0 spiro atoms. The van der Waals surface area contributed by atoms with Gasteiger partial charge in [-0.3, -0.25) is 62.3 Å². The highest BCUT2D eigenvalue weighted by molar-refractivity contribution is 5.74. The van der Waals surface area contributed by atoms with Crippen LogP contribution in [0.1, 0.15) is 90.0 Å². The van der Waals surface area contributed by atoms with Crippen molar-refractivity contribution in [3.05, 3.63) is 0 Å². The average molecular weight is 1210 g/mol. The Morgan fingerprint density at radius 1 is 0.298 bits per heavy atom. The summed E-state index contributed by atoms with van der Waals surface area (Å²) in [5, 5.41) is 16.3. The van der Waals surface area contributed by atoms with Gasteiger partial charge in [0.15, 0.2) is 67.9 Å². The van der Waals surface area contributed by atoms with Crippen LogP contribution in [0.3, 0.4) is 0 Å². The van der Waals surface area contributed by atoms with Crippen LogP contribution in [0.2, 0.25) is 0 Å². The van der Waals surface area contributed by atoms with E-state index in [0.29, 0.717) is 0 Å². The van der Waals surface area contributed by atoms with E-state index < -0.39 is 227 Å². The number of amides is 2. The predicted molar refractivity (Wildman–Crippen MR) is 262 cm³/mol. The Bertz CT molecular complexity index is 2420. The quantitative estimate of drug-likeness (QED) is 0.0670. The lowest BCUT2D eigenvalue weighted by Crippen LogP contribution is -2.71. The number of carbonyl (C=O) groups is 13. The Labute approximate surface area is 479 Å². The molecule has 0 unspecified atom stereocenters. The van der Waals surface area contributed by atoms with Gasteiger partial charge in [-0.15, -0.1) is 0 Å². The molecule has 2 amide bonds. The highest BCUT2D eigenvalue weighted by Crippen LogP contribution is 2.39. The van der Waals surface area contributed by atoms with Crippen LogP contribution in [0.25, 0.3) is 0 Å². The van der Waals surface area contributed by atoms with Gasteiger partial charge < -0.3 is 101 Å². The third kappa shape index (κ3) is 20.5. The Morgan fingerprint density at radius 3 is 0.881 bits per heavy atom. The van der Waals surface area contributed by atoms with Gasteiger partial charge in [0.05, 0.1) is 0 Å². The van der Waals surface area contributed by atoms with Crippen LogP contribution < -0.4 is 10.6 Å². The minimum Gasteiger partial charge on any atom is -0.463 e. The fourth-order valence-electron chi connectivity index (χ4n) is 9.27. The Balaban J connectivity index is 2.07. The van der Waals surface area contributed by atoms with E-state index in [1.165, 1.54) is 0 Å². The highest BCUT2D eigenvalue weighted by Gasteiger charge is 2.61. The van der Waals surface area contributed by atoms with Gasteiger partial charge in [-0.25, -0.2) is 0 Å². The number of ether oxygens (including phenoxy) is 18. The van der Waals surface area contributed by atoms with Crippen LogP contribution >= 0.6 is 0 Å². The molecule has 34 heteroatoms. The minimum atomic E-state index is -2.19. The van der Waals surface area contributed by atoms with Gasteiger partial charge in [-0.05, 0) is 0 Å². The molecule has 0 aliphatic carbocycles. The van der Waals surface area contributed by atoms with Crippen LogP contribution in [0, 0.1) is 0 Å². The fraction of sp³-hybridized carbons (Fsp3) is 0.740. The van der Waals surface area contributed by atoms with Gasteiger partial charge in [0.25, 0.3) is 0 Å². The number of esters is 11. The molecule has 4 aliphatic heterocycles. The normalized spacial score (nSPS) is 32.7. The van der Waals surface area contributed by atoms with Crippen LogP contribution in [0.15, 0.2) is 0 Å². The molecule has 4 aliphatic rings. The molecule has 4 rings (SSSR count). The van der Waals surface area contributed by atoms with E-state index in [0.717, 1.165) is 90.0 Å². The molecule has 4 fully saturated rings. The Kier molecular flexibility index (Phi) is 26.1. The second-order valence-electron chi connectivity index (χ2n) is 19.2. The summed E-state index contributed by atoms with van der Waals surface area (Å²) < 4.78 is 105. The monoisotopic (exact) mass is 1210 g/mol. The van der Waals surface area contributed by atoms with Crippen LogP contribution in [-0.2, 0) is 148 Å². The van der Waals surface area contributed by atoms with Crippen molar-refractivity contribution in [2.45, 2.75) is 213 Å². The first-order chi connectivity index (χ1) is 39.3. The molecule has 472 valence electrons. The largest absolute Gasteiger partial charge is 0.463 e. The number of aliphatic hydroxyl groups excluding tert-OH is 1. The van der Waals surface area contributed by atoms with E-state index in [4.69, 9.17) is 85.3 Å². The smallest absolute Gasteiger partial charge is 0.303 e. The number of hydrogen-bond donors (Lipinski definition) is 3. The topological polar surface area (TPSA) is 432 Å². The van der Waals surface area contributed by atoms with Crippen molar-refractivity contribution in [3.63, 3.8) is 0 Å². The third-order valence-corrected chi connectivity index (χ3v) is 12.0. The van der Waals surface area contributed by atoms with Gasteiger partial charge in [-0.1, -0.05) is 0 Å². The number of aliphatic hydroxyl groups is 1. The Hall–Kier alpha value is -7.21. The average Bonchev–Trinajstić information content (AvgIpc) is 1.05. The van der Waals surface area contributed by atoms with E-state index >= 15 is 0 Å². The summed E-state index contributed by atoms with van der Waals surface area (Å²) in [6.45, 7) is 9.37. The molecule has 34 nitrogen and oxygen atoms in total. The summed E-state index contributed by atoms with van der Waals surface area (Å²) in [6.07, 6.45) is -34.7. The van der Waals surface area contributed by atoms with E-state index in [2.05, 4.69) is 10.6 Å². The van der Waals surface area contributed by atoms with Crippen molar-refractivity contribution in [1.29, 1.82) is 0 Å². The number of hydrogen-bond acceptors (Lipinski definition) is 32. The summed E-state index contributed by atoms with van der Waals surface area (Å²) in [5.41, 5.74) is 0. The third-order valence-electron chi connectivity index (χ3n) is 12.0. The van der Waals surface area contributed by atoms with Gasteiger partial charge in [0.2, 0.25) is 11.8 Å². The zero-order chi connectivity index (χ0) is 63.0. The van der Waals surface area contributed by atoms with E-state index in [9.17, 15) is 67.4 Å². The first-order valence-electron chi connectivity index (χ1n) is 25.8. The van der Waals surface area contributed by atoms with Crippen molar-refractivity contribution < 1.29 is 153 Å². The lowest BCUT2D eigenvalue weighted by atomic mass is 9.93. The first kappa shape index (κ1) is 69.3. The van der Waals surface area contributed by atoms with Crippen LogP contribution in [0.4, 0.5) is 0 Å². The van der Waals surface area contributed by atoms with E-state index in [1.807, 2.05) is 0 Å². The molecule has 84 heavy (non-hydrogen) atoms. The van der Waals surface area contributed by atoms with Gasteiger partial charge in [0.1, 0.15) is 81.2 Å². The fourth-order valence-corrected chi connectivity index (χ4v) is 9.27. The minimum absolute atomic E-state index is 0.710. The molecule has 3 N–H and O–H groups in total. The summed E-state index contributed by atoms with van der Waals surface area (Å²) in [4.78, 5) is 166. The Morgan fingerprint density at radius 2 is 0.548 bits per heavy atom. The maximum Gasteiger partial charge on any atom is 0.303 e. The van der Waals surface area contributed by atoms with E-state index in [-0.39, 0.29) is 0 Å². The van der Waals surface area contributed by atoms with Crippen LogP contribution in [-0.4, -0.2) is 232 Å². The highest BCUT2D eigenvalue weighted by atomic mass is 16.8. The number of rotatable bonds is 23. The van der Waals surface area contributed by atoms with Crippen molar-refractivity contribution in [2.24, 2.45) is 0 Å². The summed E-state index contributed by atoms with van der Waals surface area (Å²) >= 11 is 0. The maximum atomic E-state index is 13.5. The molecule has 0 aromatic rings. The number of nitrogens with one attached hydrogen (secondary N) is 2. The molecule has 4 saturated heterocycles. The zero-order valence-corrected chi connectivity index (χ0v) is 48.0. The van der Waals surface area contributed by atoms with Crippen molar-refractivity contribution in [2.75, 3.05) is 26.4 Å². The molecule has 4 heterocycles. The molecular formula is C50H70N2O32. The second-order valence-corrected chi connectivity index (χ2v) is 19.2. The predicted octanol–water partition coefficient (Wildman–Crippen LogP) is -3.18. The van der Waals surface area contributed by atoms with Gasteiger partial charge in [-0.2, -0.15) is 0 Å². The van der Waals surface area contributed by atoms with Crippen molar-refractivity contribution in [1.82, 2.24) is 10.6 Å². The van der Waals surface area contributed by atoms with Crippen molar-refractivity contribution in [3.8, 4) is 0 Å². The SMILES string of the molecule is CC(=O)N[C@@H]1[C@@H](O[C@@H]2O[C@H](COC(C)=O)[C@H](OC(C)=O)[C@H](O[C@@H]3O[C@H](COC(C)=O)[C@@H](OC(C)=O)[C@H](O[C@@H]4O[C@H](COC(C)=O)[C@H](OC(C)=O)[C@H](OC(C)=O)[C@H]4OC(C)=O)[C@H]3NC(C)=O)[C@H]2OC(C)=O)[C@H](OC(C)=O)[C@@H](COC(C)=O)O[C@H]1O. The lowest BCUT2D eigenvalue weighted by molar-refractivity contribution is -0.375. The molecule has 0 bridgehead atoms. The van der Waals surface area contributed by atoms with Gasteiger partial charge >= 0.3 is 65.7 Å². The van der Waals surface area contributed by atoms with Gasteiger partial charge in [0, 0.05) is 90.0 Å². The standard InChI is InChI=1S/C50H70N2O32/c1-18(53)51-35-41(37(71-24(7)59)31(78-47(35)66)14-67-20(3)55)82-50-46(77-30(13)65)44(40(74-27(10)62)34(81-50)17-70-23(6)58)84-48-36(52-19(2)54)42(38(72-25(8)60)32(79-48)15-68-21(4)56)83-49-45(76-29(12)64)43(75-28(11)63)39(73-26(9)61)33(80-49)16-69-22(5)57/h31-50,66H,14-17H2,1-13H3,(H,51,53)(H,52,54)/t31-,32-,33-,34-,35-,36-,37-,38-,39+,40+,41-,42-,43+,44+,45-,46-,47-,48+,49+,50+/m1/s1. The molecule has 0 saturated carbocycles. The summed E-state index contributed by atoms with van der Waals surface area (Å²) in [6, 6.07) is -3.69. The lowest BCUT2D eigenvalue weighted by Gasteiger charge is -2.51. The summed E-state index contributed by atoms with van der Waals surface area (Å²) in [7, 11) is 0. The maximum absolute atomic E-state index is 13.5.